The molecular formula is C12H19NO4. The fourth-order valence-corrected chi connectivity index (χ4v) is 1.86. The maximum atomic E-state index is 11.6. The molecule has 1 unspecified atom stereocenters. The summed E-state index contributed by atoms with van der Waals surface area (Å²) in [5, 5.41) is 0. The van der Waals surface area contributed by atoms with E-state index < -0.39 is 23.6 Å². The number of hydrogen-bond donors (Lipinski definition) is 0. The van der Waals surface area contributed by atoms with Crippen LogP contribution in [-0.4, -0.2) is 42.3 Å². The van der Waals surface area contributed by atoms with Gasteiger partial charge in [0.2, 0.25) is 5.78 Å². The Morgan fingerprint density at radius 2 is 2.06 bits per heavy atom. The Kier molecular flexibility index (Phi) is 5.12. The molecule has 0 N–H and O–H groups in total. The first-order valence-corrected chi connectivity index (χ1v) is 6.11. The van der Waals surface area contributed by atoms with Crippen molar-refractivity contribution in [2.75, 3.05) is 19.7 Å². The number of unbranched alkanes of at least 4 members (excludes halogenated alkanes) is 2. The monoisotopic (exact) mass is 241 g/mol. The third kappa shape index (κ3) is 3.28. The Morgan fingerprint density at radius 1 is 1.35 bits per heavy atom. The number of esters is 1. The lowest BCUT2D eigenvalue weighted by atomic mass is 10.1. The molecule has 1 aliphatic rings. The Balaban J connectivity index is 2.53. The lowest BCUT2D eigenvalue weighted by Crippen LogP contribution is -2.28. The van der Waals surface area contributed by atoms with E-state index in [1.54, 1.807) is 6.92 Å². The van der Waals surface area contributed by atoms with Gasteiger partial charge >= 0.3 is 5.97 Å². The second kappa shape index (κ2) is 6.37. The molecule has 1 saturated heterocycles. The minimum absolute atomic E-state index is 0.181. The van der Waals surface area contributed by atoms with Gasteiger partial charge in [0.15, 0.2) is 0 Å². The number of ketones is 1. The molecule has 1 atom stereocenters. The maximum Gasteiger partial charge on any atom is 0.318 e. The van der Waals surface area contributed by atoms with Gasteiger partial charge in [0.1, 0.15) is 5.92 Å². The molecule has 1 heterocycles. The molecule has 0 aromatic carbocycles. The number of carbonyl (C=O) groups excluding carboxylic acids is 3. The van der Waals surface area contributed by atoms with E-state index in [9.17, 15) is 14.4 Å². The maximum absolute atomic E-state index is 11.6. The molecule has 17 heavy (non-hydrogen) atoms. The predicted molar refractivity (Wildman–Crippen MR) is 61.2 cm³/mol. The zero-order valence-corrected chi connectivity index (χ0v) is 10.4. The molecule has 0 aromatic rings. The molecule has 0 saturated carbocycles. The number of rotatable bonds is 6. The van der Waals surface area contributed by atoms with Gasteiger partial charge in [0.25, 0.3) is 5.91 Å². The molecule has 0 bridgehead atoms. The molecular weight excluding hydrogens is 222 g/mol. The van der Waals surface area contributed by atoms with Gasteiger partial charge < -0.3 is 9.64 Å². The Morgan fingerprint density at radius 3 is 2.65 bits per heavy atom. The van der Waals surface area contributed by atoms with Crippen LogP contribution < -0.4 is 0 Å². The van der Waals surface area contributed by atoms with Crippen LogP contribution in [-0.2, 0) is 19.1 Å². The molecule has 5 heteroatoms. The van der Waals surface area contributed by atoms with Crippen molar-refractivity contribution in [3.8, 4) is 0 Å². The molecule has 0 aliphatic carbocycles. The molecule has 1 amide bonds. The summed E-state index contributed by atoms with van der Waals surface area (Å²) >= 11 is 0. The van der Waals surface area contributed by atoms with Crippen molar-refractivity contribution in [1.29, 1.82) is 0 Å². The highest BCUT2D eigenvalue weighted by molar-refractivity contribution is 6.42. The molecule has 1 fully saturated rings. The average Bonchev–Trinajstić information content (AvgIpc) is 2.58. The second-order valence-electron chi connectivity index (χ2n) is 4.13. The Hall–Kier alpha value is -1.39. The van der Waals surface area contributed by atoms with Crippen molar-refractivity contribution in [3.63, 3.8) is 0 Å². The van der Waals surface area contributed by atoms with Crippen molar-refractivity contribution in [2.45, 2.75) is 33.1 Å². The van der Waals surface area contributed by atoms with E-state index in [4.69, 9.17) is 4.74 Å². The minimum atomic E-state index is -0.913. The van der Waals surface area contributed by atoms with Gasteiger partial charge in [-0.3, -0.25) is 14.4 Å². The molecule has 0 spiro atoms. The van der Waals surface area contributed by atoms with Crippen LogP contribution in [0.25, 0.3) is 0 Å². The summed E-state index contributed by atoms with van der Waals surface area (Å²) in [5.41, 5.74) is 0. The quantitative estimate of drug-likeness (QED) is 0.298. The fraction of sp³-hybridized carbons (Fsp3) is 0.750. The fourth-order valence-electron chi connectivity index (χ4n) is 1.86. The summed E-state index contributed by atoms with van der Waals surface area (Å²) in [7, 11) is 0. The Bertz CT molecular complexity index is 314. The smallest absolute Gasteiger partial charge is 0.318 e. The summed E-state index contributed by atoms with van der Waals surface area (Å²) < 4.78 is 4.78. The van der Waals surface area contributed by atoms with Gasteiger partial charge in [0, 0.05) is 13.1 Å². The first-order valence-electron chi connectivity index (χ1n) is 6.11. The van der Waals surface area contributed by atoms with Gasteiger partial charge in [-0.15, -0.1) is 0 Å². The Labute approximate surface area is 101 Å². The second-order valence-corrected chi connectivity index (χ2v) is 4.13. The summed E-state index contributed by atoms with van der Waals surface area (Å²) in [4.78, 5) is 36.1. The van der Waals surface area contributed by atoms with Gasteiger partial charge in [-0.25, -0.2) is 0 Å². The van der Waals surface area contributed by atoms with E-state index in [1.807, 2.05) is 0 Å². The SMILES string of the molecule is CCCCCN1CC(C(=O)OCC)C(=O)C1=O. The standard InChI is InChI=1S/C12H19NO4/c1-3-5-6-7-13-8-9(10(14)11(13)15)12(16)17-4-2/h9H,3-8H2,1-2H3. The van der Waals surface area contributed by atoms with Gasteiger partial charge in [-0.1, -0.05) is 19.8 Å². The highest BCUT2D eigenvalue weighted by Gasteiger charge is 2.43. The summed E-state index contributed by atoms with van der Waals surface area (Å²) in [6, 6.07) is 0. The van der Waals surface area contributed by atoms with Crippen LogP contribution in [0.3, 0.4) is 0 Å². The van der Waals surface area contributed by atoms with E-state index in [-0.39, 0.29) is 13.2 Å². The molecule has 5 nitrogen and oxygen atoms in total. The largest absolute Gasteiger partial charge is 0.465 e. The van der Waals surface area contributed by atoms with Crippen molar-refractivity contribution in [2.24, 2.45) is 5.92 Å². The minimum Gasteiger partial charge on any atom is -0.465 e. The number of nitrogens with zero attached hydrogens (tertiary/aromatic N) is 1. The van der Waals surface area contributed by atoms with Crippen LogP contribution in [0.1, 0.15) is 33.1 Å². The summed E-state index contributed by atoms with van der Waals surface area (Å²) in [6.07, 6.45) is 2.93. The van der Waals surface area contributed by atoms with Gasteiger partial charge in [0.05, 0.1) is 6.61 Å². The molecule has 0 aromatic heterocycles. The number of amides is 1. The van der Waals surface area contributed by atoms with E-state index >= 15 is 0 Å². The van der Waals surface area contributed by atoms with Crippen LogP contribution in [0.2, 0.25) is 0 Å². The van der Waals surface area contributed by atoms with Gasteiger partial charge in [-0.05, 0) is 13.3 Å². The van der Waals surface area contributed by atoms with Crippen molar-refractivity contribution in [1.82, 2.24) is 4.90 Å². The number of carbonyl (C=O) groups is 3. The molecule has 0 radical (unpaired) electrons. The predicted octanol–water partition coefficient (Wildman–Crippen LogP) is 0.767. The lowest BCUT2D eigenvalue weighted by Gasteiger charge is -2.14. The van der Waals surface area contributed by atoms with Crippen LogP contribution >= 0.6 is 0 Å². The summed E-state index contributed by atoms with van der Waals surface area (Å²) in [6.45, 7) is 4.71. The van der Waals surface area contributed by atoms with E-state index in [2.05, 4.69) is 6.92 Å². The van der Waals surface area contributed by atoms with Crippen LogP contribution in [0.4, 0.5) is 0 Å². The van der Waals surface area contributed by atoms with Crippen molar-refractivity contribution in [3.05, 3.63) is 0 Å². The third-order valence-corrected chi connectivity index (χ3v) is 2.82. The highest BCUT2D eigenvalue weighted by Crippen LogP contribution is 2.16. The van der Waals surface area contributed by atoms with Crippen molar-refractivity contribution >= 4 is 17.7 Å². The normalized spacial score (nSPS) is 19.9. The van der Waals surface area contributed by atoms with Crippen LogP contribution in [0, 0.1) is 5.92 Å². The topological polar surface area (TPSA) is 63.7 Å². The number of likely N-dealkylation sites (tertiary alicyclic amines) is 1. The van der Waals surface area contributed by atoms with Crippen LogP contribution in [0.5, 0.6) is 0 Å². The molecule has 1 aliphatic heterocycles. The van der Waals surface area contributed by atoms with Crippen LogP contribution in [0.15, 0.2) is 0 Å². The number of Topliss-reactive ketones (excluding diaryl/α,β-unsaturated/α-hetero) is 1. The summed E-state index contributed by atoms with van der Waals surface area (Å²) in [5.74, 6) is -2.66. The zero-order valence-electron chi connectivity index (χ0n) is 10.4. The molecule has 96 valence electrons. The third-order valence-electron chi connectivity index (χ3n) is 2.82. The number of hydrogen-bond acceptors (Lipinski definition) is 4. The highest BCUT2D eigenvalue weighted by atomic mass is 16.5. The zero-order chi connectivity index (χ0) is 12.8. The first-order chi connectivity index (χ1) is 8.11. The lowest BCUT2D eigenvalue weighted by molar-refractivity contribution is -0.151. The van der Waals surface area contributed by atoms with E-state index in [1.165, 1.54) is 4.90 Å². The van der Waals surface area contributed by atoms with Crippen molar-refractivity contribution < 1.29 is 19.1 Å². The van der Waals surface area contributed by atoms with E-state index in [0.29, 0.717) is 6.54 Å². The van der Waals surface area contributed by atoms with Gasteiger partial charge in [-0.2, -0.15) is 0 Å². The molecule has 1 rings (SSSR count). The number of ether oxygens (including phenoxy) is 1. The van der Waals surface area contributed by atoms with E-state index in [0.717, 1.165) is 19.3 Å². The first kappa shape index (κ1) is 13.7. The average molecular weight is 241 g/mol.